The molecule has 3 N–H and O–H groups in total. The second kappa shape index (κ2) is 8.04. The topological polar surface area (TPSA) is 129 Å². The number of amides is 4. The maximum Gasteiger partial charge on any atom is 0.323 e. The molecule has 2 aliphatic heterocycles. The number of rotatable bonds is 4. The van der Waals surface area contributed by atoms with E-state index in [9.17, 15) is 14.4 Å². The quantitative estimate of drug-likeness (QED) is 0.402. The normalized spacial score (nSPS) is 18.8. The van der Waals surface area contributed by atoms with Crippen molar-refractivity contribution in [3.05, 3.63) is 65.0 Å². The zero-order valence-electron chi connectivity index (χ0n) is 18.4. The number of H-pyrrole nitrogens is 1. The molecule has 2 aromatic carbocycles. The van der Waals surface area contributed by atoms with E-state index in [1.807, 2.05) is 31.2 Å². The number of carbonyl (C=O) groups excluding carboxylic acids is 3. The van der Waals surface area contributed by atoms with Gasteiger partial charge in [0, 0.05) is 23.2 Å². The molecule has 1 unspecified atom stereocenters. The number of methoxy groups -OCH3 is 1. The first kappa shape index (κ1) is 21.2. The van der Waals surface area contributed by atoms with E-state index in [0.29, 0.717) is 29.2 Å². The summed E-state index contributed by atoms with van der Waals surface area (Å²) in [5.74, 6) is 6.30. The molecule has 0 radical (unpaired) electrons. The Labute approximate surface area is 194 Å². The first-order valence-electron chi connectivity index (χ1n) is 10.5. The lowest BCUT2D eigenvalue weighted by atomic mass is 9.98. The molecular formula is C24H20N6O4. The van der Waals surface area contributed by atoms with E-state index in [4.69, 9.17) is 4.74 Å². The highest BCUT2D eigenvalue weighted by Gasteiger charge is 2.48. The van der Waals surface area contributed by atoms with Crippen molar-refractivity contribution in [1.29, 1.82) is 0 Å². The van der Waals surface area contributed by atoms with E-state index < -0.39 is 17.5 Å². The molecule has 3 aromatic rings. The average Bonchev–Trinajstić information content (AvgIpc) is 3.53. The molecule has 10 nitrogen and oxygen atoms in total. The van der Waals surface area contributed by atoms with Gasteiger partial charge in [0.2, 0.25) is 5.54 Å². The predicted octanol–water partition coefficient (Wildman–Crippen LogP) is 1.37. The van der Waals surface area contributed by atoms with Crippen LogP contribution in [0.3, 0.4) is 0 Å². The number of urea groups is 1. The minimum Gasteiger partial charge on any atom is -0.497 e. The van der Waals surface area contributed by atoms with Crippen LogP contribution in [-0.4, -0.2) is 57.1 Å². The molecule has 170 valence electrons. The van der Waals surface area contributed by atoms with Gasteiger partial charge in [-0.2, -0.15) is 5.10 Å². The van der Waals surface area contributed by atoms with Crippen LogP contribution in [0.15, 0.2) is 42.7 Å². The molecule has 0 aliphatic carbocycles. The summed E-state index contributed by atoms with van der Waals surface area (Å²) in [5, 5.41) is 11.5. The Morgan fingerprint density at radius 3 is 2.71 bits per heavy atom. The van der Waals surface area contributed by atoms with Crippen LogP contribution in [0.5, 0.6) is 5.75 Å². The largest absolute Gasteiger partial charge is 0.497 e. The molecule has 1 fully saturated rings. The Hall–Kier alpha value is -4.65. The van der Waals surface area contributed by atoms with Crippen molar-refractivity contribution >= 4 is 17.8 Å². The van der Waals surface area contributed by atoms with Gasteiger partial charge < -0.3 is 15.0 Å². The second-order valence-corrected chi connectivity index (χ2v) is 8.11. The number of nitrogens with one attached hydrogen (secondary N) is 3. The van der Waals surface area contributed by atoms with Crippen LogP contribution < -0.4 is 15.4 Å². The van der Waals surface area contributed by atoms with Crippen LogP contribution in [0, 0.1) is 18.8 Å². The molecule has 3 heterocycles. The predicted molar refractivity (Wildman–Crippen MR) is 121 cm³/mol. The lowest BCUT2D eigenvalue weighted by molar-refractivity contribution is -0.122. The molecule has 0 spiro atoms. The summed E-state index contributed by atoms with van der Waals surface area (Å²) in [6.07, 6.45) is 1.43. The fraction of sp³-hybridized carbons (Fsp3) is 0.208. The number of carbonyl (C=O) groups is 3. The van der Waals surface area contributed by atoms with Gasteiger partial charge in [0.05, 0.1) is 13.7 Å². The lowest BCUT2D eigenvalue weighted by Crippen LogP contribution is -2.54. The zero-order valence-corrected chi connectivity index (χ0v) is 18.4. The van der Waals surface area contributed by atoms with E-state index in [-0.39, 0.29) is 12.5 Å². The molecule has 0 saturated carbocycles. The van der Waals surface area contributed by atoms with Gasteiger partial charge in [-0.3, -0.25) is 20.0 Å². The van der Waals surface area contributed by atoms with Crippen molar-refractivity contribution in [3.63, 3.8) is 0 Å². The summed E-state index contributed by atoms with van der Waals surface area (Å²) in [7, 11) is 1.53. The highest BCUT2D eigenvalue weighted by Crippen LogP contribution is 2.28. The van der Waals surface area contributed by atoms with E-state index in [1.165, 1.54) is 18.3 Å². The van der Waals surface area contributed by atoms with Crippen molar-refractivity contribution in [3.8, 4) is 29.0 Å². The van der Waals surface area contributed by atoms with Gasteiger partial charge in [-0.1, -0.05) is 17.9 Å². The van der Waals surface area contributed by atoms with Crippen LogP contribution in [-0.2, 0) is 11.3 Å². The smallest absolute Gasteiger partial charge is 0.323 e. The summed E-state index contributed by atoms with van der Waals surface area (Å²) < 4.78 is 5.21. The summed E-state index contributed by atoms with van der Waals surface area (Å²) >= 11 is 0. The molecular weight excluding hydrogens is 436 g/mol. The van der Waals surface area contributed by atoms with Crippen molar-refractivity contribution in [2.24, 2.45) is 0 Å². The van der Waals surface area contributed by atoms with E-state index in [2.05, 4.69) is 37.7 Å². The number of fused-ring (bicyclic) bond motifs is 1. The van der Waals surface area contributed by atoms with Crippen LogP contribution in [0.4, 0.5) is 4.79 Å². The molecule has 0 bridgehead atoms. The number of hydrogen-bond donors (Lipinski definition) is 3. The minimum atomic E-state index is -1.57. The number of imide groups is 1. The van der Waals surface area contributed by atoms with Gasteiger partial charge in [0.1, 0.15) is 12.1 Å². The van der Waals surface area contributed by atoms with Gasteiger partial charge in [-0.15, -0.1) is 0 Å². The SMILES string of the molecule is COc1ccc2c(c1)C(=O)N(CC1(C#Cc3ccc(-c4ncn[nH]4)cc3C)NC(=O)NC1=O)C2. The molecule has 1 aromatic heterocycles. The summed E-state index contributed by atoms with van der Waals surface area (Å²) in [6, 6.07) is 10.2. The highest BCUT2D eigenvalue weighted by molar-refractivity contribution is 6.10. The van der Waals surface area contributed by atoms with Crippen LogP contribution in [0.2, 0.25) is 0 Å². The van der Waals surface area contributed by atoms with Crippen molar-refractivity contribution in [2.45, 2.75) is 19.0 Å². The number of aromatic nitrogens is 3. The maximum atomic E-state index is 13.0. The van der Waals surface area contributed by atoms with Crippen LogP contribution in [0.1, 0.15) is 27.0 Å². The van der Waals surface area contributed by atoms with Gasteiger partial charge in [-0.25, -0.2) is 9.78 Å². The third-order valence-corrected chi connectivity index (χ3v) is 5.89. The summed E-state index contributed by atoms with van der Waals surface area (Å²) in [5.41, 5.74) is 2.13. The Balaban J connectivity index is 1.45. The van der Waals surface area contributed by atoms with E-state index >= 15 is 0 Å². The lowest BCUT2D eigenvalue weighted by Gasteiger charge is -2.26. The summed E-state index contributed by atoms with van der Waals surface area (Å²) in [6.45, 7) is 2.09. The standard InChI is InChI=1S/C24H20N6O4/c1-14-9-16(20-25-13-26-29-20)4-3-15(14)7-8-24(22(32)27-23(33)28-24)12-30-11-17-5-6-18(34-2)10-19(17)21(30)31/h3-6,9-10,13H,11-12H2,1-2H3,(H,25,26,29)(H2,27,28,32,33). The number of ether oxygens (including phenoxy) is 1. The molecule has 4 amide bonds. The van der Waals surface area contributed by atoms with Gasteiger partial charge in [-0.05, 0) is 48.4 Å². The number of nitrogens with zero attached hydrogens (tertiary/aromatic N) is 3. The summed E-state index contributed by atoms with van der Waals surface area (Å²) in [4.78, 5) is 43.5. The van der Waals surface area contributed by atoms with Crippen molar-refractivity contribution in [1.82, 2.24) is 30.7 Å². The zero-order chi connectivity index (χ0) is 23.9. The molecule has 2 aliphatic rings. The average molecular weight is 456 g/mol. The van der Waals surface area contributed by atoms with Crippen molar-refractivity contribution in [2.75, 3.05) is 13.7 Å². The Kier molecular flexibility index (Phi) is 5.02. The van der Waals surface area contributed by atoms with Gasteiger partial charge in [0.25, 0.3) is 11.8 Å². The Morgan fingerprint density at radius 2 is 2.03 bits per heavy atom. The van der Waals surface area contributed by atoms with Crippen molar-refractivity contribution < 1.29 is 19.1 Å². The van der Waals surface area contributed by atoms with Gasteiger partial charge in [0.15, 0.2) is 5.82 Å². The Morgan fingerprint density at radius 1 is 1.18 bits per heavy atom. The number of aromatic amines is 1. The third kappa shape index (κ3) is 3.63. The van der Waals surface area contributed by atoms with Gasteiger partial charge >= 0.3 is 6.03 Å². The fourth-order valence-corrected chi connectivity index (χ4v) is 4.08. The van der Waals surface area contributed by atoms with Crippen LogP contribution in [0.25, 0.3) is 11.4 Å². The molecule has 34 heavy (non-hydrogen) atoms. The fourth-order valence-electron chi connectivity index (χ4n) is 4.08. The monoisotopic (exact) mass is 456 g/mol. The maximum absolute atomic E-state index is 13.0. The molecule has 10 heteroatoms. The molecule has 1 atom stereocenters. The first-order valence-corrected chi connectivity index (χ1v) is 10.5. The number of hydrogen-bond acceptors (Lipinski definition) is 6. The van der Waals surface area contributed by atoms with Crippen LogP contribution >= 0.6 is 0 Å². The highest BCUT2D eigenvalue weighted by atomic mass is 16.5. The number of benzene rings is 2. The minimum absolute atomic E-state index is 0.0946. The van der Waals surface area contributed by atoms with E-state index in [1.54, 1.807) is 12.1 Å². The third-order valence-electron chi connectivity index (χ3n) is 5.89. The number of aryl methyl sites for hydroxylation is 1. The Bertz CT molecular complexity index is 1390. The second-order valence-electron chi connectivity index (χ2n) is 8.11. The molecule has 1 saturated heterocycles. The first-order chi connectivity index (χ1) is 16.4. The molecule has 5 rings (SSSR count). The van der Waals surface area contributed by atoms with E-state index in [0.717, 1.165) is 16.7 Å².